The van der Waals surface area contributed by atoms with E-state index < -0.39 is 11.9 Å². The van der Waals surface area contributed by atoms with Gasteiger partial charge in [-0.2, -0.15) is 0 Å². The van der Waals surface area contributed by atoms with E-state index in [1.807, 2.05) is 0 Å². The van der Waals surface area contributed by atoms with Crippen LogP contribution in [0.3, 0.4) is 0 Å². The smallest absolute Gasteiger partial charge is 0.325 e. The van der Waals surface area contributed by atoms with Gasteiger partial charge in [-0.1, -0.05) is 6.07 Å². The number of esters is 2. The number of ether oxygens (including phenoxy) is 2. The van der Waals surface area contributed by atoms with Crippen molar-refractivity contribution >= 4 is 29.2 Å². The van der Waals surface area contributed by atoms with E-state index in [1.165, 1.54) is 30.5 Å². The van der Waals surface area contributed by atoms with E-state index in [-0.39, 0.29) is 25.4 Å². The van der Waals surface area contributed by atoms with Crippen molar-refractivity contribution < 1.29 is 23.9 Å². The molecule has 0 radical (unpaired) electrons. The fraction of sp³-hybridized carbons (Fsp3) is 0.417. The molecule has 0 N–H and O–H groups in total. The van der Waals surface area contributed by atoms with E-state index >= 15 is 0 Å². The van der Waals surface area contributed by atoms with Gasteiger partial charge in [0.2, 0.25) is 0 Å². The largest absolute Gasteiger partial charge is 0.469 e. The fourth-order valence-electron chi connectivity index (χ4n) is 1.36. The molecule has 0 aliphatic rings. The maximum absolute atomic E-state index is 12.1. The molecule has 0 fully saturated rings. The molecule has 1 heterocycles. The first-order chi connectivity index (χ1) is 9.08. The van der Waals surface area contributed by atoms with Crippen molar-refractivity contribution in [2.75, 3.05) is 27.3 Å². The van der Waals surface area contributed by atoms with Gasteiger partial charge in [0.25, 0.3) is 5.91 Å². The van der Waals surface area contributed by atoms with E-state index in [4.69, 9.17) is 0 Å². The lowest BCUT2D eigenvalue weighted by Crippen LogP contribution is -2.37. The van der Waals surface area contributed by atoms with Crippen LogP contribution in [0.5, 0.6) is 0 Å². The maximum atomic E-state index is 12.1. The Balaban J connectivity index is 2.71. The monoisotopic (exact) mass is 285 g/mol. The van der Waals surface area contributed by atoms with Crippen molar-refractivity contribution in [3.8, 4) is 0 Å². The van der Waals surface area contributed by atoms with Crippen LogP contribution >= 0.6 is 11.3 Å². The number of hydrogen-bond donors (Lipinski definition) is 0. The van der Waals surface area contributed by atoms with Crippen LogP contribution in [0.4, 0.5) is 0 Å². The van der Waals surface area contributed by atoms with Crippen LogP contribution in [0.2, 0.25) is 0 Å². The molecular formula is C12H15NO5S. The third kappa shape index (κ3) is 4.70. The molecule has 104 valence electrons. The Morgan fingerprint density at radius 1 is 1.21 bits per heavy atom. The van der Waals surface area contributed by atoms with Crippen LogP contribution in [0.15, 0.2) is 17.5 Å². The van der Waals surface area contributed by atoms with E-state index in [1.54, 1.807) is 17.5 Å². The van der Waals surface area contributed by atoms with Gasteiger partial charge in [0, 0.05) is 6.54 Å². The topological polar surface area (TPSA) is 72.9 Å². The van der Waals surface area contributed by atoms with Crippen molar-refractivity contribution in [1.29, 1.82) is 0 Å². The molecule has 1 aromatic rings. The third-order valence-corrected chi connectivity index (χ3v) is 3.24. The molecule has 0 unspecified atom stereocenters. The van der Waals surface area contributed by atoms with Crippen LogP contribution in [0, 0.1) is 0 Å². The lowest BCUT2D eigenvalue weighted by molar-refractivity contribution is -0.143. The second-order valence-electron chi connectivity index (χ2n) is 3.61. The molecule has 0 saturated carbocycles. The normalized spacial score (nSPS) is 9.79. The predicted octanol–water partition coefficient (Wildman–Crippen LogP) is 0.926. The Bertz CT molecular complexity index is 443. The SMILES string of the molecule is COC(=O)CCN(CC(=O)OC)C(=O)c1cccs1. The number of hydrogen-bond acceptors (Lipinski definition) is 6. The van der Waals surface area contributed by atoms with Gasteiger partial charge in [-0.05, 0) is 11.4 Å². The molecule has 0 aliphatic carbocycles. The first-order valence-electron chi connectivity index (χ1n) is 5.55. The lowest BCUT2D eigenvalue weighted by Gasteiger charge is -2.20. The number of amides is 1. The molecular weight excluding hydrogens is 270 g/mol. The highest BCUT2D eigenvalue weighted by molar-refractivity contribution is 7.12. The summed E-state index contributed by atoms with van der Waals surface area (Å²) in [6.45, 7) is -0.0806. The zero-order chi connectivity index (χ0) is 14.3. The average molecular weight is 285 g/mol. The molecule has 0 bridgehead atoms. The summed E-state index contributed by atoms with van der Waals surface area (Å²) in [4.78, 5) is 36.3. The second-order valence-corrected chi connectivity index (χ2v) is 4.55. The Kier molecular flexibility index (Phi) is 6.01. The molecule has 0 spiro atoms. The first kappa shape index (κ1) is 15.2. The van der Waals surface area contributed by atoms with Crippen molar-refractivity contribution in [3.63, 3.8) is 0 Å². The van der Waals surface area contributed by atoms with Gasteiger partial charge in [0.1, 0.15) is 6.54 Å². The first-order valence-corrected chi connectivity index (χ1v) is 6.43. The van der Waals surface area contributed by atoms with Crippen molar-refractivity contribution in [2.24, 2.45) is 0 Å². The van der Waals surface area contributed by atoms with Gasteiger partial charge in [-0.15, -0.1) is 11.3 Å². The molecule has 0 aromatic carbocycles. The maximum Gasteiger partial charge on any atom is 0.325 e. The van der Waals surface area contributed by atoms with Gasteiger partial charge in [0.15, 0.2) is 0 Å². The summed E-state index contributed by atoms with van der Waals surface area (Å²) in [6.07, 6.45) is 0.0324. The minimum atomic E-state index is -0.533. The summed E-state index contributed by atoms with van der Waals surface area (Å²) >= 11 is 1.27. The molecule has 0 aliphatic heterocycles. The Morgan fingerprint density at radius 2 is 1.89 bits per heavy atom. The van der Waals surface area contributed by atoms with E-state index in [0.29, 0.717) is 4.88 Å². The minimum absolute atomic E-state index is 0.0324. The molecule has 6 nitrogen and oxygen atoms in total. The number of carbonyl (C=O) groups excluding carboxylic acids is 3. The van der Waals surface area contributed by atoms with E-state index in [0.717, 1.165) is 0 Å². The van der Waals surface area contributed by atoms with Gasteiger partial charge in [-0.25, -0.2) is 0 Å². The molecule has 1 aromatic heterocycles. The molecule has 0 atom stereocenters. The molecule has 0 saturated heterocycles. The lowest BCUT2D eigenvalue weighted by atomic mass is 10.3. The fourth-order valence-corrected chi connectivity index (χ4v) is 2.05. The standard InChI is InChI=1S/C12H15NO5S/c1-17-10(14)5-6-13(8-11(15)18-2)12(16)9-4-3-7-19-9/h3-4,7H,5-6,8H2,1-2H3. The molecule has 19 heavy (non-hydrogen) atoms. The van der Waals surface area contributed by atoms with E-state index in [9.17, 15) is 14.4 Å². The zero-order valence-corrected chi connectivity index (χ0v) is 11.6. The number of thiophene rings is 1. The van der Waals surface area contributed by atoms with Crippen LogP contribution in [-0.2, 0) is 19.1 Å². The summed E-state index contributed by atoms with van der Waals surface area (Å²) in [7, 11) is 2.52. The Morgan fingerprint density at radius 3 is 2.42 bits per heavy atom. The summed E-state index contributed by atoms with van der Waals surface area (Å²) in [5.74, 6) is -1.27. The average Bonchev–Trinajstić information content (AvgIpc) is 2.95. The number of nitrogens with zero attached hydrogens (tertiary/aromatic N) is 1. The van der Waals surface area contributed by atoms with Crippen LogP contribution in [-0.4, -0.2) is 50.1 Å². The Labute approximate surface area is 114 Å². The molecule has 1 amide bonds. The van der Waals surface area contributed by atoms with Crippen molar-refractivity contribution in [1.82, 2.24) is 4.90 Å². The molecule has 7 heteroatoms. The summed E-state index contributed by atoms with van der Waals surface area (Å²) in [5.41, 5.74) is 0. The second kappa shape index (κ2) is 7.52. The summed E-state index contributed by atoms with van der Waals surface area (Å²) in [6, 6.07) is 3.41. The molecule has 1 rings (SSSR count). The Hall–Kier alpha value is -1.89. The van der Waals surface area contributed by atoms with Gasteiger partial charge in [-0.3, -0.25) is 14.4 Å². The highest BCUT2D eigenvalue weighted by Crippen LogP contribution is 2.12. The number of carbonyl (C=O) groups is 3. The highest BCUT2D eigenvalue weighted by Gasteiger charge is 2.20. The summed E-state index contributed by atoms with van der Waals surface area (Å²) in [5, 5.41) is 1.77. The van der Waals surface area contributed by atoms with Crippen LogP contribution < -0.4 is 0 Å². The highest BCUT2D eigenvalue weighted by atomic mass is 32.1. The van der Waals surface area contributed by atoms with Gasteiger partial charge >= 0.3 is 11.9 Å². The van der Waals surface area contributed by atoms with E-state index in [2.05, 4.69) is 9.47 Å². The van der Waals surface area contributed by atoms with Crippen molar-refractivity contribution in [3.05, 3.63) is 22.4 Å². The minimum Gasteiger partial charge on any atom is -0.469 e. The van der Waals surface area contributed by atoms with Gasteiger partial charge < -0.3 is 14.4 Å². The van der Waals surface area contributed by atoms with Crippen LogP contribution in [0.25, 0.3) is 0 Å². The predicted molar refractivity (Wildman–Crippen MR) is 68.9 cm³/mol. The zero-order valence-electron chi connectivity index (χ0n) is 10.8. The number of rotatable bonds is 6. The summed E-state index contributed by atoms with van der Waals surface area (Å²) < 4.78 is 9.05. The van der Waals surface area contributed by atoms with Crippen molar-refractivity contribution in [2.45, 2.75) is 6.42 Å². The quantitative estimate of drug-likeness (QED) is 0.727. The number of methoxy groups -OCH3 is 2. The van der Waals surface area contributed by atoms with Crippen LogP contribution in [0.1, 0.15) is 16.1 Å². The third-order valence-electron chi connectivity index (χ3n) is 2.38. The van der Waals surface area contributed by atoms with Gasteiger partial charge in [0.05, 0.1) is 25.5 Å².